The molecule has 6 heteroatoms. The molecule has 1 aromatic carbocycles. The summed E-state index contributed by atoms with van der Waals surface area (Å²) < 4.78 is 7.17. The van der Waals surface area contributed by atoms with Crippen molar-refractivity contribution >= 4 is 5.78 Å². The lowest BCUT2D eigenvalue weighted by Gasteiger charge is -2.25. The number of hydrogen-bond donors (Lipinski definition) is 1. The van der Waals surface area contributed by atoms with Gasteiger partial charge in [0.2, 0.25) is 0 Å². The summed E-state index contributed by atoms with van der Waals surface area (Å²) in [5.41, 5.74) is 7.30. The van der Waals surface area contributed by atoms with Gasteiger partial charge in [0, 0.05) is 13.0 Å². The zero-order chi connectivity index (χ0) is 14.7. The maximum atomic E-state index is 12.2. The van der Waals surface area contributed by atoms with Crippen LogP contribution in [-0.4, -0.2) is 27.4 Å². The molecule has 0 radical (unpaired) electrons. The normalized spacial score (nSPS) is 17.1. The van der Waals surface area contributed by atoms with Gasteiger partial charge >= 0.3 is 0 Å². The standard InChI is InChI=1S/C15H18N4O2/c16-8-12-9-19(18-17-12)10-13(20)7-11-5-6-21-15-4-2-1-3-14(11)15/h1-4,9,11H,5-8,10,16H2. The van der Waals surface area contributed by atoms with E-state index < -0.39 is 0 Å². The Bertz CT molecular complexity index is 638. The molecule has 1 unspecified atom stereocenters. The van der Waals surface area contributed by atoms with Crippen LogP contribution >= 0.6 is 0 Å². The molecule has 3 rings (SSSR count). The molecule has 0 aliphatic carbocycles. The molecule has 1 aliphatic heterocycles. The fraction of sp³-hybridized carbons (Fsp3) is 0.400. The van der Waals surface area contributed by atoms with Crippen LogP contribution in [0.25, 0.3) is 0 Å². The number of para-hydroxylation sites is 1. The predicted octanol–water partition coefficient (Wildman–Crippen LogP) is 1.26. The highest BCUT2D eigenvalue weighted by Gasteiger charge is 2.23. The van der Waals surface area contributed by atoms with E-state index in [2.05, 4.69) is 10.3 Å². The fourth-order valence-corrected chi connectivity index (χ4v) is 2.66. The van der Waals surface area contributed by atoms with Crippen LogP contribution in [-0.2, 0) is 17.9 Å². The van der Waals surface area contributed by atoms with E-state index >= 15 is 0 Å². The third kappa shape index (κ3) is 3.11. The molecule has 0 saturated carbocycles. The van der Waals surface area contributed by atoms with E-state index in [1.807, 2.05) is 24.3 Å². The minimum atomic E-state index is 0.144. The summed E-state index contributed by atoms with van der Waals surface area (Å²) in [4.78, 5) is 12.2. The highest BCUT2D eigenvalue weighted by atomic mass is 16.5. The molecule has 2 aromatic rings. The first-order valence-corrected chi connectivity index (χ1v) is 7.09. The quantitative estimate of drug-likeness (QED) is 0.894. The second-order valence-electron chi connectivity index (χ2n) is 5.23. The molecule has 1 aromatic heterocycles. The lowest BCUT2D eigenvalue weighted by Crippen LogP contribution is -2.19. The lowest BCUT2D eigenvalue weighted by molar-refractivity contribution is -0.120. The van der Waals surface area contributed by atoms with Crippen LogP contribution in [0.5, 0.6) is 5.75 Å². The van der Waals surface area contributed by atoms with E-state index in [-0.39, 0.29) is 18.2 Å². The first-order valence-electron chi connectivity index (χ1n) is 7.09. The largest absolute Gasteiger partial charge is 0.493 e. The number of fused-ring (bicyclic) bond motifs is 1. The van der Waals surface area contributed by atoms with Gasteiger partial charge in [-0.3, -0.25) is 4.79 Å². The smallest absolute Gasteiger partial charge is 0.154 e. The number of rotatable bonds is 5. The predicted molar refractivity (Wildman–Crippen MR) is 76.8 cm³/mol. The Kier molecular flexibility index (Phi) is 3.96. The van der Waals surface area contributed by atoms with Gasteiger partial charge in [0.1, 0.15) is 12.3 Å². The van der Waals surface area contributed by atoms with Gasteiger partial charge < -0.3 is 10.5 Å². The first-order chi connectivity index (χ1) is 10.3. The Hall–Kier alpha value is -2.21. The Morgan fingerprint density at radius 3 is 3.10 bits per heavy atom. The highest BCUT2D eigenvalue weighted by Crippen LogP contribution is 2.35. The Morgan fingerprint density at radius 1 is 1.43 bits per heavy atom. The van der Waals surface area contributed by atoms with E-state index in [1.54, 1.807) is 10.9 Å². The Labute approximate surface area is 122 Å². The number of carbonyl (C=O) groups is 1. The summed E-state index contributed by atoms with van der Waals surface area (Å²) in [7, 11) is 0. The molecule has 110 valence electrons. The minimum Gasteiger partial charge on any atom is -0.493 e. The summed E-state index contributed by atoms with van der Waals surface area (Å²) in [6.45, 7) is 1.24. The zero-order valence-electron chi connectivity index (χ0n) is 11.7. The molecular weight excluding hydrogens is 268 g/mol. The van der Waals surface area contributed by atoms with Crippen LogP contribution in [0.4, 0.5) is 0 Å². The van der Waals surface area contributed by atoms with Gasteiger partial charge in [0.05, 0.1) is 18.5 Å². The van der Waals surface area contributed by atoms with Crippen molar-refractivity contribution < 1.29 is 9.53 Å². The maximum absolute atomic E-state index is 12.2. The third-order valence-corrected chi connectivity index (χ3v) is 3.69. The van der Waals surface area contributed by atoms with Crippen molar-refractivity contribution in [2.45, 2.75) is 31.8 Å². The maximum Gasteiger partial charge on any atom is 0.154 e. The van der Waals surface area contributed by atoms with E-state index in [0.29, 0.717) is 25.3 Å². The van der Waals surface area contributed by atoms with Gasteiger partial charge in [-0.05, 0) is 24.0 Å². The average Bonchev–Trinajstić information content (AvgIpc) is 2.95. The van der Waals surface area contributed by atoms with Gasteiger partial charge in [-0.1, -0.05) is 23.4 Å². The Balaban J connectivity index is 1.65. The van der Waals surface area contributed by atoms with E-state index in [0.717, 1.165) is 17.7 Å². The van der Waals surface area contributed by atoms with Crippen molar-refractivity contribution in [1.82, 2.24) is 15.0 Å². The molecule has 2 heterocycles. The summed E-state index contributed by atoms with van der Waals surface area (Å²) in [6.07, 6.45) is 3.09. The Morgan fingerprint density at radius 2 is 2.29 bits per heavy atom. The van der Waals surface area contributed by atoms with Crippen LogP contribution in [0.3, 0.4) is 0 Å². The summed E-state index contributed by atoms with van der Waals surface area (Å²) in [5.74, 6) is 1.26. The molecule has 0 spiro atoms. The third-order valence-electron chi connectivity index (χ3n) is 3.69. The zero-order valence-corrected chi connectivity index (χ0v) is 11.7. The van der Waals surface area contributed by atoms with Crippen molar-refractivity contribution in [3.8, 4) is 5.75 Å². The van der Waals surface area contributed by atoms with E-state index in [4.69, 9.17) is 10.5 Å². The molecule has 1 atom stereocenters. The molecule has 2 N–H and O–H groups in total. The number of hydrogen-bond acceptors (Lipinski definition) is 5. The van der Waals surface area contributed by atoms with Crippen LogP contribution in [0.2, 0.25) is 0 Å². The molecule has 6 nitrogen and oxygen atoms in total. The number of carbonyl (C=O) groups excluding carboxylic acids is 1. The van der Waals surface area contributed by atoms with E-state index in [1.165, 1.54) is 0 Å². The molecular formula is C15H18N4O2. The van der Waals surface area contributed by atoms with Crippen molar-refractivity contribution in [3.63, 3.8) is 0 Å². The second kappa shape index (κ2) is 6.05. The van der Waals surface area contributed by atoms with Crippen molar-refractivity contribution in [1.29, 1.82) is 0 Å². The summed E-state index contributed by atoms with van der Waals surface area (Å²) in [5, 5.41) is 7.79. The number of nitrogens with two attached hydrogens (primary N) is 1. The number of ketones is 1. The number of aromatic nitrogens is 3. The topological polar surface area (TPSA) is 83.0 Å². The van der Waals surface area contributed by atoms with Crippen LogP contribution in [0.1, 0.15) is 30.0 Å². The molecule has 1 aliphatic rings. The summed E-state index contributed by atoms with van der Waals surface area (Å²) >= 11 is 0. The van der Waals surface area contributed by atoms with Crippen molar-refractivity contribution in [2.75, 3.05) is 6.61 Å². The van der Waals surface area contributed by atoms with Gasteiger partial charge in [0.15, 0.2) is 5.78 Å². The van der Waals surface area contributed by atoms with Gasteiger partial charge in [-0.2, -0.15) is 0 Å². The van der Waals surface area contributed by atoms with Crippen molar-refractivity contribution in [3.05, 3.63) is 41.7 Å². The monoisotopic (exact) mass is 286 g/mol. The number of nitrogens with zero attached hydrogens (tertiary/aromatic N) is 3. The number of benzene rings is 1. The molecule has 0 fully saturated rings. The molecule has 0 amide bonds. The number of Topliss-reactive ketones (excluding diaryl/α,β-unsaturated/α-hetero) is 1. The second-order valence-corrected chi connectivity index (χ2v) is 5.23. The molecule has 0 saturated heterocycles. The highest BCUT2D eigenvalue weighted by molar-refractivity contribution is 5.79. The molecule has 0 bridgehead atoms. The SMILES string of the molecule is NCc1cn(CC(=O)CC2CCOc3ccccc32)nn1. The summed E-state index contributed by atoms with van der Waals surface area (Å²) in [6, 6.07) is 7.92. The molecule has 21 heavy (non-hydrogen) atoms. The van der Waals surface area contributed by atoms with Gasteiger partial charge in [-0.25, -0.2) is 4.68 Å². The van der Waals surface area contributed by atoms with Crippen molar-refractivity contribution in [2.24, 2.45) is 5.73 Å². The number of ether oxygens (including phenoxy) is 1. The average molecular weight is 286 g/mol. The minimum absolute atomic E-state index is 0.144. The van der Waals surface area contributed by atoms with Crippen LogP contribution in [0.15, 0.2) is 30.5 Å². The van der Waals surface area contributed by atoms with E-state index in [9.17, 15) is 4.79 Å². The first kappa shape index (κ1) is 13.8. The van der Waals surface area contributed by atoms with Gasteiger partial charge in [-0.15, -0.1) is 5.10 Å². The lowest BCUT2D eigenvalue weighted by atomic mass is 9.89. The fourth-order valence-electron chi connectivity index (χ4n) is 2.66. The van der Waals surface area contributed by atoms with Crippen LogP contribution < -0.4 is 10.5 Å². The van der Waals surface area contributed by atoms with Gasteiger partial charge in [0.25, 0.3) is 0 Å². The van der Waals surface area contributed by atoms with Crippen LogP contribution in [0, 0.1) is 0 Å².